The van der Waals surface area contributed by atoms with E-state index in [2.05, 4.69) is 18.7 Å². The highest BCUT2D eigenvalue weighted by Gasteiger charge is 2.19. The van der Waals surface area contributed by atoms with E-state index in [4.69, 9.17) is 0 Å². The molecular formula is C14H30AlN. The average molecular weight is 239 g/mol. The minimum Gasteiger partial charge on any atom is -0.303 e. The molecule has 1 heterocycles. The smallest absolute Gasteiger partial charge is 0.261 e. The van der Waals surface area contributed by atoms with Gasteiger partial charge in [-0.05, 0) is 26.1 Å². The van der Waals surface area contributed by atoms with Gasteiger partial charge in [-0.2, -0.15) is 0 Å². The standard InChI is InChI=1S/C10H21N.C4H9.Al/c1-4-7-10-11(8-5-2)9-6-3;1-3-4-2;/h2-10H2,1H3;1,3-4H2,2H3;. The van der Waals surface area contributed by atoms with Gasteiger partial charge in [-0.15, -0.1) is 0 Å². The first-order valence-electron chi connectivity index (χ1n) is 7.59. The van der Waals surface area contributed by atoms with Crippen molar-refractivity contribution >= 4 is 14.1 Å². The quantitative estimate of drug-likeness (QED) is 0.629. The molecule has 0 aromatic heterocycles. The van der Waals surface area contributed by atoms with Crippen LogP contribution in [0.15, 0.2) is 0 Å². The Hall–Kier alpha value is 0.492. The van der Waals surface area contributed by atoms with Gasteiger partial charge in [0.1, 0.15) is 0 Å². The van der Waals surface area contributed by atoms with Crippen LogP contribution in [0.4, 0.5) is 0 Å². The summed E-state index contributed by atoms with van der Waals surface area (Å²) >= 11 is -0.299. The predicted octanol–water partition coefficient (Wildman–Crippen LogP) is 4.18. The van der Waals surface area contributed by atoms with Gasteiger partial charge < -0.3 is 4.90 Å². The largest absolute Gasteiger partial charge is 0.303 e. The van der Waals surface area contributed by atoms with E-state index >= 15 is 0 Å². The number of unbranched alkanes of at least 4 members (excludes halogenated alkanes) is 2. The highest BCUT2D eigenvalue weighted by atomic mass is 27.2. The first kappa shape index (κ1) is 14.6. The Morgan fingerprint density at radius 3 is 2.12 bits per heavy atom. The molecule has 2 heteroatoms. The number of hydrogen-bond acceptors (Lipinski definition) is 1. The molecule has 1 aliphatic heterocycles. The number of hydrogen-bond donors (Lipinski definition) is 0. The lowest BCUT2D eigenvalue weighted by Crippen LogP contribution is -2.31. The molecule has 1 aliphatic rings. The summed E-state index contributed by atoms with van der Waals surface area (Å²) in [5, 5.41) is 4.89. The molecule has 94 valence electrons. The molecule has 0 aromatic rings. The lowest BCUT2D eigenvalue weighted by molar-refractivity contribution is 0.266. The van der Waals surface area contributed by atoms with Crippen LogP contribution in [0.2, 0.25) is 15.8 Å². The Bertz CT molecular complexity index is 135. The van der Waals surface area contributed by atoms with Gasteiger partial charge in [0, 0.05) is 0 Å². The summed E-state index contributed by atoms with van der Waals surface area (Å²) in [6.07, 6.45) is 8.68. The minimum absolute atomic E-state index is 0.299. The number of rotatable bonds is 6. The Balaban J connectivity index is 2.16. The summed E-state index contributed by atoms with van der Waals surface area (Å²) in [7, 11) is 0. The summed E-state index contributed by atoms with van der Waals surface area (Å²) in [6, 6.07) is 0. The summed E-state index contributed by atoms with van der Waals surface area (Å²) in [6.45, 7) is 8.80. The summed E-state index contributed by atoms with van der Waals surface area (Å²) in [5.41, 5.74) is 0. The molecule has 1 fully saturated rings. The van der Waals surface area contributed by atoms with E-state index in [1.54, 1.807) is 15.8 Å². The van der Waals surface area contributed by atoms with Crippen molar-refractivity contribution in [3.05, 3.63) is 0 Å². The maximum Gasteiger partial charge on any atom is 0.261 e. The van der Waals surface area contributed by atoms with Crippen molar-refractivity contribution < 1.29 is 0 Å². The second-order valence-corrected chi connectivity index (χ2v) is 8.95. The Morgan fingerprint density at radius 1 is 0.938 bits per heavy atom. The molecule has 0 bridgehead atoms. The molecule has 0 unspecified atom stereocenters. The van der Waals surface area contributed by atoms with Crippen LogP contribution in [0.5, 0.6) is 0 Å². The molecule has 0 aliphatic carbocycles. The molecule has 1 nitrogen and oxygen atoms in total. The van der Waals surface area contributed by atoms with Crippen molar-refractivity contribution in [1.29, 1.82) is 0 Å². The molecule has 0 radical (unpaired) electrons. The average Bonchev–Trinajstić information content (AvgIpc) is 2.26. The molecule has 0 saturated carbocycles. The second-order valence-electron chi connectivity index (χ2n) is 5.49. The second kappa shape index (κ2) is 9.52. The van der Waals surface area contributed by atoms with Crippen LogP contribution in [0.3, 0.4) is 0 Å². The topological polar surface area (TPSA) is 3.24 Å². The van der Waals surface area contributed by atoms with E-state index in [1.165, 1.54) is 58.2 Å². The summed E-state index contributed by atoms with van der Waals surface area (Å²) in [5.74, 6) is 0. The van der Waals surface area contributed by atoms with Crippen LogP contribution in [0.25, 0.3) is 0 Å². The van der Waals surface area contributed by atoms with E-state index in [9.17, 15) is 0 Å². The number of nitrogens with zero attached hydrogens (tertiary/aromatic N) is 1. The van der Waals surface area contributed by atoms with Crippen LogP contribution >= 0.6 is 0 Å². The van der Waals surface area contributed by atoms with Crippen molar-refractivity contribution in [2.45, 2.75) is 68.2 Å². The third kappa shape index (κ3) is 6.28. The van der Waals surface area contributed by atoms with Crippen LogP contribution in [0, 0.1) is 0 Å². The fourth-order valence-electron chi connectivity index (χ4n) is 2.85. The van der Waals surface area contributed by atoms with E-state index in [-0.39, 0.29) is 14.1 Å². The van der Waals surface area contributed by atoms with Crippen LogP contribution in [0.1, 0.15) is 52.4 Å². The molecule has 0 aromatic carbocycles. The minimum atomic E-state index is -0.299. The van der Waals surface area contributed by atoms with Crippen LogP contribution in [-0.4, -0.2) is 38.7 Å². The molecule has 0 spiro atoms. The zero-order valence-electron chi connectivity index (χ0n) is 11.5. The van der Waals surface area contributed by atoms with Crippen molar-refractivity contribution in [2.24, 2.45) is 0 Å². The van der Waals surface area contributed by atoms with Crippen LogP contribution < -0.4 is 0 Å². The molecule has 1 rings (SSSR count). The van der Waals surface area contributed by atoms with E-state index in [0.717, 1.165) is 0 Å². The van der Waals surface area contributed by atoms with Gasteiger partial charge in [0.25, 0.3) is 14.1 Å². The molecule has 0 atom stereocenters. The van der Waals surface area contributed by atoms with Gasteiger partial charge in [0.15, 0.2) is 0 Å². The normalized spacial score (nSPS) is 19.5. The van der Waals surface area contributed by atoms with Gasteiger partial charge >= 0.3 is 0 Å². The first-order valence-corrected chi connectivity index (χ1v) is 10.0. The fourth-order valence-corrected chi connectivity index (χ4v) is 6.22. The fraction of sp³-hybridized carbons (Fsp3) is 1.00. The molecular weight excluding hydrogens is 209 g/mol. The SMILES string of the molecule is CCCCN1CC[CH2][Al]([CH2]CCC)[CH2]CC1. The zero-order chi connectivity index (χ0) is 11.6. The predicted molar refractivity (Wildman–Crippen MR) is 75.7 cm³/mol. The Labute approximate surface area is 107 Å². The van der Waals surface area contributed by atoms with Gasteiger partial charge in [0.05, 0.1) is 0 Å². The molecule has 16 heavy (non-hydrogen) atoms. The summed E-state index contributed by atoms with van der Waals surface area (Å²) in [4.78, 5) is 2.72. The third-order valence-corrected chi connectivity index (χ3v) is 7.64. The maximum absolute atomic E-state index is 2.72. The zero-order valence-corrected chi connectivity index (χ0v) is 12.7. The van der Waals surface area contributed by atoms with Crippen molar-refractivity contribution in [3.8, 4) is 0 Å². The van der Waals surface area contributed by atoms with E-state index < -0.39 is 0 Å². The highest BCUT2D eigenvalue weighted by molar-refractivity contribution is 6.58. The molecule has 0 N–H and O–H groups in total. The highest BCUT2D eigenvalue weighted by Crippen LogP contribution is 2.18. The van der Waals surface area contributed by atoms with Gasteiger partial charge in [0.2, 0.25) is 0 Å². The van der Waals surface area contributed by atoms with Crippen LogP contribution in [-0.2, 0) is 0 Å². The molecule has 1 saturated heterocycles. The van der Waals surface area contributed by atoms with Crippen molar-refractivity contribution in [2.75, 3.05) is 19.6 Å². The molecule has 0 amide bonds. The van der Waals surface area contributed by atoms with E-state index in [0.29, 0.717) is 0 Å². The first-order chi connectivity index (χ1) is 7.86. The van der Waals surface area contributed by atoms with Gasteiger partial charge in [-0.1, -0.05) is 61.8 Å². The van der Waals surface area contributed by atoms with E-state index in [1.807, 2.05) is 0 Å². The maximum atomic E-state index is 2.72. The lowest BCUT2D eigenvalue weighted by Gasteiger charge is -2.26. The van der Waals surface area contributed by atoms with Crippen molar-refractivity contribution in [1.82, 2.24) is 4.90 Å². The lowest BCUT2D eigenvalue weighted by atomic mass is 10.3. The Morgan fingerprint density at radius 2 is 1.56 bits per heavy atom. The Kier molecular flexibility index (Phi) is 8.65. The summed E-state index contributed by atoms with van der Waals surface area (Å²) < 4.78 is 0. The van der Waals surface area contributed by atoms with Crippen molar-refractivity contribution in [3.63, 3.8) is 0 Å². The third-order valence-electron chi connectivity index (χ3n) is 3.97. The van der Waals surface area contributed by atoms with Gasteiger partial charge in [-0.3, -0.25) is 0 Å². The van der Waals surface area contributed by atoms with Gasteiger partial charge in [-0.25, -0.2) is 0 Å². The monoisotopic (exact) mass is 239 g/mol.